The number of esters is 3. The number of carbonyl (C=O) groups is 4. The van der Waals surface area contributed by atoms with Gasteiger partial charge in [-0.3, -0.25) is 19.2 Å². The van der Waals surface area contributed by atoms with E-state index in [0.717, 1.165) is 0 Å². The van der Waals surface area contributed by atoms with Crippen LogP contribution in [0.3, 0.4) is 0 Å². The topological polar surface area (TPSA) is 124 Å². The molecule has 4 aliphatic rings. The van der Waals surface area contributed by atoms with Crippen LogP contribution in [0.4, 0.5) is 0 Å². The zero-order valence-electron chi connectivity index (χ0n) is 21.2. The van der Waals surface area contributed by atoms with Crippen LogP contribution in [0.5, 0.6) is 0 Å². The summed E-state index contributed by atoms with van der Waals surface area (Å²) in [5, 5.41) is 0. The smallest absolute Gasteiger partial charge is 0.309 e. The number of hydrogen-bond acceptors (Lipinski definition) is 10. The second-order valence-electron chi connectivity index (χ2n) is 10.8. The van der Waals surface area contributed by atoms with Crippen molar-refractivity contribution in [1.29, 1.82) is 0 Å². The van der Waals surface area contributed by atoms with E-state index in [0.29, 0.717) is 25.7 Å². The van der Waals surface area contributed by atoms with Crippen LogP contribution < -0.4 is 0 Å². The molecule has 0 aromatic rings. The van der Waals surface area contributed by atoms with Crippen molar-refractivity contribution in [3.05, 3.63) is 0 Å². The van der Waals surface area contributed by atoms with Crippen LogP contribution in [0, 0.1) is 34.5 Å². The summed E-state index contributed by atoms with van der Waals surface area (Å²) >= 11 is 0. The number of fused-ring (bicyclic) bond motifs is 3. The fraction of sp³-hybridized carbons (Fsp3) is 0.840. The van der Waals surface area contributed by atoms with Crippen LogP contribution in [0.25, 0.3) is 0 Å². The Balaban J connectivity index is 1.74. The van der Waals surface area contributed by atoms with Gasteiger partial charge in [-0.15, -0.1) is 0 Å². The Labute approximate surface area is 205 Å². The molecule has 10 nitrogen and oxygen atoms in total. The SMILES string of the molecule is COC(=O)[C@@H]1C[C@H](OC(C)=O)C(=O)[C@H]2[C@@]1(C)CC[C@H]1C(=O)O[C@H]([C@@H]3C[C@@H](OC)O[C@H]3OC)C[C@]21C. The average Bonchev–Trinajstić information content (AvgIpc) is 3.23. The number of ketones is 1. The molecule has 4 rings (SSSR count). The van der Waals surface area contributed by atoms with Crippen molar-refractivity contribution >= 4 is 23.7 Å². The zero-order chi connectivity index (χ0) is 25.7. The fourth-order valence-corrected chi connectivity index (χ4v) is 7.45. The van der Waals surface area contributed by atoms with Gasteiger partial charge in [-0.05, 0) is 30.1 Å². The molecule has 10 atom stereocenters. The van der Waals surface area contributed by atoms with Crippen molar-refractivity contribution < 1.29 is 47.6 Å². The van der Waals surface area contributed by atoms with Gasteiger partial charge in [0.25, 0.3) is 0 Å². The van der Waals surface area contributed by atoms with E-state index < -0.39 is 65.3 Å². The molecule has 196 valence electrons. The van der Waals surface area contributed by atoms with Crippen LogP contribution in [0.2, 0.25) is 0 Å². The second-order valence-corrected chi connectivity index (χ2v) is 10.8. The van der Waals surface area contributed by atoms with E-state index in [2.05, 4.69) is 0 Å². The first-order chi connectivity index (χ1) is 16.5. The second kappa shape index (κ2) is 9.44. The maximum absolute atomic E-state index is 13.9. The number of Topliss-reactive ketones (excluding diaryl/α,β-unsaturated/α-hetero) is 1. The van der Waals surface area contributed by atoms with E-state index in [1.807, 2.05) is 13.8 Å². The predicted octanol–water partition coefficient (Wildman–Crippen LogP) is 2.02. The molecular formula is C25H36O10. The van der Waals surface area contributed by atoms with Crippen LogP contribution in [0.15, 0.2) is 0 Å². The van der Waals surface area contributed by atoms with E-state index in [1.54, 1.807) is 7.11 Å². The maximum atomic E-state index is 13.9. The summed E-state index contributed by atoms with van der Waals surface area (Å²) in [5.41, 5.74) is -1.57. The molecule has 10 heteroatoms. The minimum atomic E-state index is -1.07. The minimum Gasteiger partial charge on any atom is -0.469 e. The Morgan fingerprint density at radius 1 is 1.03 bits per heavy atom. The van der Waals surface area contributed by atoms with E-state index in [4.69, 9.17) is 28.4 Å². The summed E-state index contributed by atoms with van der Waals surface area (Å²) in [6.45, 7) is 5.10. The first kappa shape index (κ1) is 26.0. The molecule has 2 saturated carbocycles. The Kier molecular flexibility index (Phi) is 7.02. The highest BCUT2D eigenvalue weighted by atomic mass is 16.8. The molecule has 2 aliphatic carbocycles. The minimum absolute atomic E-state index is 0.0739. The Hall–Kier alpha value is -2.04. The van der Waals surface area contributed by atoms with Crippen molar-refractivity contribution in [3.8, 4) is 0 Å². The molecule has 0 amide bonds. The Bertz CT molecular complexity index is 887. The van der Waals surface area contributed by atoms with E-state index in [9.17, 15) is 19.2 Å². The first-order valence-electron chi connectivity index (χ1n) is 12.2. The van der Waals surface area contributed by atoms with Gasteiger partial charge in [0.15, 0.2) is 24.5 Å². The molecular weight excluding hydrogens is 460 g/mol. The number of ether oxygens (including phenoxy) is 6. The summed E-state index contributed by atoms with van der Waals surface area (Å²) < 4.78 is 33.1. The highest BCUT2D eigenvalue weighted by Crippen LogP contribution is 2.64. The van der Waals surface area contributed by atoms with Crippen molar-refractivity contribution in [3.63, 3.8) is 0 Å². The number of hydrogen-bond donors (Lipinski definition) is 0. The zero-order valence-corrected chi connectivity index (χ0v) is 21.2. The molecule has 0 aromatic carbocycles. The Morgan fingerprint density at radius 2 is 1.74 bits per heavy atom. The molecule has 0 unspecified atom stereocenters. The number of cyclic esters (lactones) is 1. The van der Waals surface area contributed by atoms with E-state index >= 15 is 0 Å². The molecule has 0 bridgehead atoms. The van der Waals surface area contributed by atoms with Crippen molar-refractivity contribution in [2.45, 2.75) is 77.7 Å². The third-order valence-corrected chi connectivity index (χ3v) is 8.99. The highest BCUT2D eigenvalue weighted by molar-refractivity contribution is 5.93. The Morgan fingerprint density at radius 3 is 2.34 bits per heavy atom. The monoisotopic (exact) mass is 496 g/mol. The predicted molar refractivity (Wildman–Crippen MR) is 118 cm³/mol. The van der Waals surface area contributed by atoms with E-state index in [1.165, 1.54) is 21.1 Å². The lowest BCUT2D eigenvalue weighted by molar-refractivity contribution is -0.224. The molecule has 0 radical (unpaired) electrons. The lowest BCUT2D eigenvalue weighted by Gasteiger charge is -2.61. The van der Waals surface area contributed by atoms with Crippen LogP contribution in [0.1, 0.15) is 52.9 Å². The van der Waals surface area contributed by atoms with Gasteiger partial charge in [-0.25, -0.2) is 0 Å². The van der Waals surface area contributed by atoms with Crippen molar-refractivity contribution in [1.82, 2.24) is 0 Å². The largest absolute Gasteiger partial charge is 0.469 e. The molecule has 2 aliphatic heterocycles. The molecule has 0 N–H and O–H groups in total. The van der Waals surface area contributed by atoms with Gasteiger partial charge >= 0.3 is 17.9 Å². The van der Waals surface area contributed by atoms with Crippen LogP contribution in [-0.4, -0.2) is 69.8 Å². The van der Waals surface area contributed by atoms with Gasteiger partial charge in [0, 0.05) is 39.9 Å². The van der Waals surface area contributed by atoms with Crippen molar-refractivity contribution in [2.24, 2.45) is 34.5 Å². The quantitative estimate of drug-likeness (QED) is 0.412. The third-order valence-electron chi connectivity index (χ3n) is 8.99. The normalized spacial score (nSPS) is 45.2. The van der Waals surface area contributed by atoms with Crippen LogP contribution in [-0.2, 0) is 47.6 Å². The van der Waals surface area contributed by atoms with Crippen LogP contribution >= 0.6 is 0 Å². The molecule has 2 heterocycles. The molecule has 0 spiro atoms. The molecule has 35 heavy (non-hydrogen) atoms. The van der Waals surface area contributed by atoms with E-state index in [-0.39, 0.29) is 24.1 Å². The molecule has 2 saturated heterocycles. The molecule has 4 fully saturated rings. The van der Waals surface area contributed by atoms with Gasteiger partial charge in [-0.1, -0.05) is 13.8 Å². The summed E-state index contributed by atoms with van der Waals surface area (Å²) in [6.07, 6.45) is -0.824. The van der Waals surface area contributed by atoms with Gasteiger partial charge in [-0.2, -0.15) is 0 Å². The lowest BCUT2D eigenvalue weighted by atomic mass is 9.43. The molecule has 0 aromatic heterocycles. The summed E-state index contributed by atoms with van der Waals surface area (Å²) in [5.74, 6) is -3.78. The number of carbonyl (C=O) groups excluding carboxylic acids is 4. The lowest BCUT2D eigenvalue weighted by Crippen LogP contribution is -2.66. The van der Waals surface area contributed by atoms with Gasteiger partial charge in [0.2, 0.25) is 0 Å². The summed E-state index contributed by atoms with van der Waals surface area (Å²) in [6, 6.07) is 0. The maximum Gasteiger partial charge on any atom is 0.309 e. The standard InChI is InChI=1S/C25H36O10/c1-12(26)33-16-10-15(21(28)31-5)24(2)8-7-14-22(29)34-17(11-25(14,3)20(24)19(16)27)13-9-18(30-4)35-23(13)32-6/h13-18,20,23H,7-11H2,1-6H3/t13-,14-,15-,16-,17-,18-,20-,23+,24-,25-/m0/s1. The summed E-state index contributed by atoms with van der Waals surface area (Å²) in [7, 11) is 4.38. The fourth-order valence-electron chi connectivity index (χ4n) is 7.45. The van der Waals surface area contributed by atoms with Crippen molar-refractivity contribution in [2.75, 3.05) is 21.3 Å². The third kappa shape index (κ3) is 4.17. The summed E-state index contributed by atoms with van der Waals surface area (Å²) in [4.78, 5) is 52.0. The first-order valence-corrected chi connectivity index (χ1v) is 12.2. The number of rotatable bonds is 5. The van der Waals surface area contributed by atoms with Gasteiger partial charge in [0.1, 0.15) is 6.10 Å². The number of methoxy groups -OCH3 is 3. The van der Waals surface area contributed by atoms with Gasteiger partial charge in [0.05, 0.1) is 24.9 Å². The van der Waals surface area contributed by atoms with Gasteiger partial charge < -0.3 is 28.4 Å². The highest BCUT2D eigenvalue weighted by Gasteiger charge is 2.68. The average molecular weight is 497 g/mol.